The quantitative estimate of drug-likeness (QED) is 0.739. The van der Waals surface area contributed by atoms with Crippen molar-refractivity contribution in [1.29, 1.82) is 0 Å². The average Bonchev–Trinajstić information content (AvgIpc) is 2.53. The summed E-state index contributed by atoms with van der Waals surface area (Å²) in [7, 11) is 1.79. The summed E-state index contributed by atoms with van der Waals surface area (Å²) in [6.45, 7) is 15.3. The zero-order chi connectivity index (χ0) is 15.4. The fourth-order valence-electron chi connectivity index (χ4n) is 3.74. The first-order valence-electron chi connectivity index (χ1n) is 8.14. The Kier molecular flexibility index (Phi) is 6.49. The monoisotopic (exact) mass is 285 g/mol. The van der Waals surface area contributed by atoms with Crippen molar-refractivity contribution in [2.24, 2.45) is 11.8 Å². The van der Waals surface area contributed by atoms with E-state index in [0.29, 0.717) is 17.9 Å². The van der Waals surface area contributed by atoms with Crippen molar-refractivity contribution < 1.29 is 9.47 Å². The summed E-state index contributed by atoms with van der Waals surface area (Å²) < 4.78 is 11.6. The number of hydrogen-bond acceptors (Lipinski definition) is 3. The lowest BCUT2D eigenvalue weighted by Gasteiger charge is -2.35. The third-order valence-electron chi connectivity index (χ3n) is 4.39. The minimum absolute atomic E-state index is 0.00912. The number of hydrogen-bond donors (Lipinski definition) is 1. The highest BCUT2D eigenvalue weighted by Crippen LogP contribution is 2.44. The first-order chi connectivity index (χ1) is 9.22. The first kappa shape index (κ1) is 17.9. The summed E-state index contributed by atoms with van der Waals surface area (Å²) in [4.78, 5) is 0. The molecule has 3 unspecified atom stereocenters. The van der Waals surface area contributed by atoms with Gasteiger partial charge in [0.2, 0.25) is 0 Å². The van der Waals surface area contributed by atoms with Gasteiger partial charge in [-0.25, -0.2) is 0 Å². The van der Waals surface area contributed by atoms with Crippen LogP contribution in [0.3, 0.4) is 0 Å². The summed E-state index contributed by atoms with van der Waals surface area (Å²) >= 11 is 0. The van der Waals surface area contributed by atoms with E-state index in [4.69, 9.17) is 9.47 Å². The molecular weight excluding hydrogens is 250 g/mol. The third-order valence-corrected chi connectivity index (χ3v) is 4.39. The van der Waals surface area contributed by atoms with Crippen LogP contribution >= 0.6 is 0 Å². The molecular formula is C17H35NO2. The maximum absolute atomic E-state index is 6.28. The molecule has 0 aromatic heterocycles. The van der Waals surface area contributed by atoms with Crippen molar-refractivity contribution in [3.8, 4) is 0 Å². The largest absolute Gasteiger partial charge is 0.384 e. The molecule has 1 rings (SSSR count). The van der Waals surface area contributed by atoms with Gasteiger partial charge in [-0.3, -0.25) is 0 Å². The van der Waals surface area contributed by atoms with Gasteiger partial charge in [-0.05, 0) is 59.4 Å². The van der Waals surface area contributed by atoms with Crippen LogP contribution in [0.15, 0.2) is 0 Å². The Labute approximate surface area is 125 Å². The van der Waals surface area contributed by atoms with E-state index in [2.05, 4.69) is 46.9 Å². The molecule has 1 heterocycles. The van der Waals surface area contributed by atoms with Crippen molar-refractivity contribution in [2.75, 3.05) is 20.3 Å². The summed E-state index contributed by atoms with van der Waals surface area (Å²) in [6, 6.07) is 0.511. The molecule has 1 fully saturated rings. The SMILES string of the molecule is CCCNC(CC(C)COC)C1CC(C)(C)OC1(C)C. The molecule has 1 aliphatic rings. The predicted octanol–water partition coefficient (Wildman–Crippen LogP) is 3.62. The molecule has 0 spiro atoms. The van der Waals surface area contributed by atoms with Crippen molar-refractivity contribution in [3.63, 3.8) is 0 Å². The van der Waals surface area contributed by atoms with Gasteiger partial charge < -0.3 is 14.8 Å². The maximum Gasteiger partial charge on any atom is 0.0677 e. The minimum Gasteiger partial charge on any atom is -0.384 e. The van der Waals surface area contributed by atoms with Crippen LogP contribution in [0.5, 0.6) is 0 Å². The fraction of sp³-hybridized carbons (Fsp3) is 1.00. The van der Waals surface area contributed by atoms with Crippen molar-refractivity contribution >= 4 is 0 Å². The molecule has 120 valence electrons. The van der Waals surface area contributed by atoms with Crippen LogP contribution in [0.4, 0.5) is 0 Å². The third kappa shape index (κ3) is 5.01. The molecule has 1 saturated heterocycles. The van der Waals surface area contributed by atoms with Crippen LogP contribution in [-0.4, -0.2) is 37.5 Å². The Bertz CT molecular complexity index is 289. The number of ether oxygens (including phenoxy) is 2. The Morgan fingerprint density at radius 2 is 1.95 bits per heavy atom. The van der Waals surface area contributed by atoms with E-state index >= 15 is 0 Å². The van der Waals surface area contributed by atoms with E-state index in [1.54, 1.807) is 7.11 Å². The van der Waals surface area contributed by atoms with Crippen LogP contribution in [-0.2, 0) is 9.47 Å². The highest BCUT2D eigenvalue weighted by molar-refractivity contribution is 4.99. The van der Waals surface area contributed by atoms with Crippen LogP contribution in [0.2, 0.25) is 0 Å². The van der Waals surface area contributed by atoms with Gasteiger partial charge in [0, 0.05) is 25.7 Å². The average molecular weight is 285 g/mol. The molecule has 0 radical (unpaired) electrons. The summed E-state index contributed by atoms with van der Waals surface area (Å²) in [5, 5.41) is 3.76. The second-order valence-corrected chi connectivity index (χ2v) is 7.63. The van der Waals surface area contributed by atoms with E-state index in [-0.39, 0.29) is 11.2 Å². The highest BCUT2D eigenvalue weighted by Gasteiger charge is 2.48. The normalized spacial score (nSPS) is 27.4. The topological polar surface area (TPSA) is 30.5 Å². The van der Waals surface area contributed by atoms with Crippen molar-refractivity contribution in [1.82, 2.24) is 5.32 Å². The van der Waals surface area contributed by atoms with Gasteiger partial charge in [-0.2, -0.15) is 0 Å². The van der Waals surface area contributed by atoms with Gasteiger partial charge in [0.05, 0.1) is 11.2 Å². The molecule has 3 nitrogen and oxygen atoms in total. The second kappa shape index (κ2) is 7.24. The molecule has 0 saturated carbocycles. The summed E-state index contributed by atoms with van der Waals surface area (Å²) in [5.74, 6) is 1.14. The number of rotatable bonds is 8. The lowest BCUT2D eigenvalue weighted by atomic mass is 9.78. The van der Waals surface area contributed by atoms with E-state index in [0.717, 1.165) is 26.0 Å². The molecule has 3 atom stereocenters. The first-order valence-corrected chi connectivity index (χ1v) is 8.14. The molecule has 0 bridgehead atoms. The Balaban J connectivity index is 2.76. The molecule has 0 aromatic carbocycles. The molecule has 20 heavy (non-hydrogen) atoms. The molecule has 0 aromatic rings. The number of methoxy groups -OCH3 is 1. The van der Waals surface area contributed by atoms with Gasteiger partial charge in [0.25, 0.3) is 0 Å². The van der Waals surface area contributed by atoms with E-state index in [1.165, 1.54) is 6.42 Å². The van der Waals surface area contributed by atoms with Crippen LogP contribution in [0.1, 0.15) is 60.8 Å². The van der Waals surface area contributed by atoms with E-state index < -0.39 is 0 Å². The maximum atomic E-state index is 6.28. The van der Waals surface area contributed by atoms with Gasteiger partial charge in [0.1, 0.15) is 0 Å². The lowest BCUT2D eigenvalue weighted by Crippen LogP contribution is -2.45. The standard InChI is InChI=1S/C17H35NO2/c1-8-9-18-15(10-13(2)12-19-7)14-11-16(3,4)20-17(14,5)6/h13-15,18H,8-12H2,1-7H3. The van der Waals surface area contributed by atoms with Gasteiger partial charge in [0.15, 0.2) is 0 Å². The molecule has 3 heteroatoms. The van der Waals surface area contributed by atoms with Crippen LogP contribution < -0.4 is 5.32 Å². The summed E-state index contributed by atoms with van der Waals surface area (Å²) in [6.07, 6.45) is 3.45. The molecule has 1 aliphatic heterocycles. The Hall–Kier alpha value is -0.120. The molecule has 1 N–H and O–H groups in total. The van der Waals surface area contributed by atoms with Crippen molar-refractivity contribution in [2.45, 2.75) is 78.0 Å². The number of nitrogens with one attached hydrogen (secondary N) is 1. The second-order valence-electron chi connectivity index (χ2n) is 7.63. The van der Waals surface area contributed by atoms with E-state index in [9.17, 15) is 0 Å². The fourth-order valence-corrected chi connectivity index (χ4v) is 3.74. The van der Waals surface area contributed by atoms with Gasteiger partial charge >= 0.3 is 0 Å². The lowest BCUT2D eigenvalue weighted by molar-refractivity contribution is -0.0784. The predicted molar refractivity (Wildman–Crippen MR) is 85.1 cm³/mol. The minimum atomic E-state index is -0.0539. The van der Waals surface area contributed by atoms with Gasteiger partial charge in [-0.1, -0.05) is 13.8 Å². The molecule has 0 aliphatic carbocycles. The Morgan fingerprint density at radius 3 is 2.40 bits per heavy atom. The zero-order valence-corrected chi connectivity index (χ0v) is 14.6. The van der Waals surface area contributed by atoms with E-state index in [1.807, 2.05) is 0 Å². The summed E-state index contributed by atoms with van der Waals surface area (Å²) in [5.41, 5.74) is -0.0630. The van der Waals surface area contributed by atoms with Crippen LogP contribution in [0, 0.1) is 11.8 Å². The zero-order valence-electron chi connectivity index (χ0n) is 14.6. The smallest absolute Gasteiger partial charge is 0.0677 e. The van der Waals surface area contributed by atoms with Crippen LogP contribution in [0.25, 0.3) is 0 Å². The molecule has 0 amide bonds. The van der Waals surface area contributed by atoms with Crippen molar-refractivity contribution in [3.05, 3.63) is 0 Å². The highest BCUT2D eigenvalue weighted by atomic mass is 16.5. The van der Waals surface area contributed by atoms with Gasteiger partial charge in [-0.15, -0.1) is 0 Å². The Morgan fingerprint density at radius 1 is 1.30 bits per heavy atom.